The van der Waals surface area contributed by atoms with Gasteiger partial charge in [0.05, 0.1) is 11.6 Å². The molecular weight excluding hydrogens is 280 g/mol. The number of methoxy groups -OCH3 is 1. The van der Waals surface area contributed by atoms with Gasteiger partial charge in [-0.05, 0) is 39.2 Å². The van der Waals surface area contributed by atoms with Gasteiger partial charge in [0.2, 0.25) is 0 Å². The summed E-state index contributed by atoms with van der Waals surface area (Å²) in [6, 6.07) is 13.5. The molecule has 0 aliphatic heterocycles. The van der Waals surface area contributed by atoms with Crippen LogP contribution in [0.3, 0.4) is 0 Å². The quantitative estimate of drug-likeness (QED) is 0.933. The molecule has 0 saturated heterocycles. The Hall–Kier alpha value is -1.48. The maximum Gasteiger partial charge on any atom is 0.133 e. The minimum Gasteiger partial charge on any atom is -0.506 e. The molecule has 3 heteroatoms. The summed E-state index contributed by atoms with van der Waals surface area (Å²) in [5.41, 5.74) is 1.94. The smallest absolute Gasteiger partial charge is 0.133 e. The van der Waals surface area contributed by atoms with Crippen molar-refractivity contribution in [3.63, 3.8) is 0 Å². The summed E-state index contributed by atoms with van der Waals surface area (Å²) in [6.45, 7) is 0. The van der Waals surface area contributed by atoms with Crippen LogP contribution in [0.2, 0.25) is 0 Å². The van der Waals surface area contributed by atoms with Gasteiger partial charge >= 0.3 is 0 Å². The van der Waals surface area contributed by atoms with Crippen molar-refractivity contribution in [3.8, 4) is 11.5 Å². The van der Waals surface area contributed by atoms with Gasteiger partial charge in [-0.1, -0.05) is 30.3 Å². The first-order valence-corrected chi connectivity index (χ1v) is 6.10. The Balaban J connectivity index is 2.35. The van der Waals surface area contributed by atoms with E-state index in [0.717, 1.165) is 16.9 Å². The van der Waals surface area contributed by atoms with Crippen molar-refractivity contribution in [1.29, 1.82) is 0 Å². The third kappa shape index (κ3) is 2.61. The van der Waals surface area contributed by atoms with Gasteiger partial charge in [-0.25, -0.2) is 0 Å². The van der Waals surface area contributed by atoms with Gasteiger partial charge in [-0.15, -0.1) is 0 Å². The summed E-state index contributed by atoms with van der Waals surface area (Å²) in [5.74, 6) is 1.13. The van der Waals surface area contributed by atoms with Crippen molar-refractivity contribution < 1.29 is 9.84 Å². The van der Waals surface area contributed by atoms with Crippen LogP contribution < -0.4 is 4.74 Å². The van der Waals surface area contributed by atoms with E-state index in [0.29, 0.717) is 16.6 Å². The monoisotopic (exact) mass is 292 g/mol. The van der Waals surface area contributed by atoms with E-state index in [9.17, 15) is 5.11 Å². The summed E-state index contributed by atoms with van der Waals surface area (Å²) >= 11 is 3.31. The highest BCUT2D eigenvalue weighted by Crippen LogP contribution is 2.31. The molecule has 0 amide bonds. The number of halogens is 1. The third-order valence-electron chi connectivity index (χ3n) is 2.64. The van der Waals surface area contributed by atoms with Crippen molar-refractivity contribution in [1.82, 2.24) is 0 Å². The van der Waals surface area contributed by atoms with Crippen molar-refractivity contribution >= 4 is 15.9 Å². The summed E-state index contributed by atoms with van der Waals surface area (Å²) in [4.78, 5) is 0. The Morgan fingerprint density at radius 3 is 2.53 bits per heavy atom. The molecule has 0 fully saturated rings. The highest BCUT2D eigenvalue weighted by atomic mass is 79.9. The second-order valence-corrected chi connectivity index (χ2v) is 4.59. The zero-order chi connectivity index (χ0) is 12.3. The molecule has 0 saturated carbocycles. The Morgan fingerprint density at radius 1 is 1.06 bits per heavy atom. The lowest BCUT2D eigenvalue weighted by Crippen LogP contribution is -1.94. The molecular formula is C14H13BrO2. The Kier molecular flexibility index (Phi) is 3.69. The van der Waals surface area contributed by atoms with E-state index in [-0.39, 0.29) is 0 Å². The normalized spacial score (nSPS) is 10.2. The van der Waals surface area contributed by atoms with Crippen LogP contribution in [-0.2, 0) is 6.42 Å². The maximum atomic E-state index is 9.93. The largest absolute Gasteiger partial charge is 0.506 e. The number of hydrogen-bond donors (Lipinski definition) is 1. The first-order chi connectivity index (χ1) is 8.22. The van der Waals surface area contributed by atoms with Gasteiger partial charge in [-0.2, -0.15) is 0 Å². The molecule has 0 aromatic heterocycles. The van der Waals surface area contributed by atoms with Gasteiger partial charge in [-0.3, -0.25) is 0 Å². The summed E-state index contributed by atoms with van der Waals surface area (Å²) in [6.07, 6.45) is 0.648. The van der Waals surface area contributed by atoms with E-state index >= 15 is 0 Å². The van der Waals surface area contributed by atoms with E-state index in [1.807, 2.05) is 42.5 Å². The second kappa shape index (κ2) is 5.23. The molecule has 0 unspecified atom stereocenters. The van der Waals surface area contributed by atoms with Crippen LogP contribution in [0, 0.1) is 0 Å². The minimum atomic E-state index is 0.290. The number of para-hydroxylation sites is 2. The van der Waals surface area contributed by atoms with Gasteiger partial charge in [0.25, 0.3) is 0 Å². The minimum absolute atomic E-state index is 0.290. The van der Waals surface area contributed by atoms with Crippen LogP contribution in [0.5, 0.6) is 11.5 Å². The SMILES string of the molecule is COc1ccccc1Cc1cccc(Br)c1O. The standard InChI is InChI=1S/C14H13BrO2/c1-17-13-8-3-2-5-10(13)9-11-6-4-7-12(15)14(11)16/h2-8,16H,9H2,1H3. The van der Waals surface area contributed by atoms with Gasteiger partial charge in [0.15, 0.2) is 0 Å². The number of aromatic hydroxyl groups is 1. The second-order valence-electron chi connectivity index (χ2n) is 3.74. The molecule has 0 bridgehead atoms. The molecule has 1 N–H and O–H groups in total. The van der Waals surface area contributed by atoms with Crippen LogP contribution in [-0.4, -0.2) is 12.2 Å². The van der Waals surface area contributed by atoms with Crippen molar-refractivity contribution in [2.24, 2.45) is 0 Å². The van der Waals surface area contributed by atoms with E-state index in [1.165, 1.54) is 0 Å². The first kappa shape index (κ1) is 12.0. The van der Waals surface area contributed by atoms with Crippen molar-refractivity contribution in [3.05, 3.63) is 58.1 Å². The number of ether oxygens (including phenoxy) is 1. The van der Waals surface area contributed by atoms with Gasteiger partial charge < -0.3 is 9.84 Å². The van der Waals surface area contributed by atoms with E-state index < -0.39 is 0 Å². The topological polar surface area (TPSA) is 29.5 Å². The van der Waals surface area contributed by atoms with Gasteiger partial charge in [0.1, 0.15) is 11.5 Å². The van der Waals surface area contributed by atoms with Crippen molar-refractivity contribution in [2.75, 3.05) is 7.11 Å². The summed E-state index contributed by atoms with van der Waals surface area (Å²) < 4.78 is 6.01. The molecule has 0 aliphatic carbocycles. The molecule has 17 heavy (non-hydrogen) atoms. The molecule has 2 aromatic carbocycles. The highest BCUT2D eigenvalue weighted by Gasteiger charge is 2.08. The van der Waals surface area contributed by atoms with Crippen LogP contribution in [0.15, 0.2) is 46.9 Å². The van der Waals surface area contributed by atoms with Crippen LogP contribution >= 0.6 is 15.9 Å². The molecule has 88 valence electrons. The van der Waals surface area contributed by atoms with E-state index in [4.69, 9.17) is 4.74 Å². The lowest BCUT2D eigenvalue weighted by Gasteiger charge is -2.10. The van der Waals surface area contributed by atoms with Crippen molar-refractivity contribution in [2.45, 2.75) is 6.42 Å². The number of rotatable bonds is 3. The first-order valence-electron chi connectivity index (χ1n) is 5.30. The number of hydrogen-bond acceptors (Lipinski definition) is 2. The zero-order valence-corrected chi connectivity index (χ0v) is 11.1. The Morgan fingerprint density at radius 2 is 1.76 bits per heavy atom. The van der Waals surface area contributed by atoms with Crippen LogP contribution in [0.1, 0.15) is 11.1 Å². The molecule has 0 spiro atoms. The number of phenolic OH excluding ortho intramolecular Hbond substituents is 1. The lowest BCUT2D eigenvalue weighted by molar-refractivity contribution is 0.410. The average Bonchev–Trinajstić information content (AvgIpc) is 2.35. The Labute approximate surface area is 109 Å². The zero-order valence-electron chi connectivity index (χ0n) is 9.48. The predicted molar refractivity (Wildman–Crippen MR) is 71.6 cm³/mol. The van der Waals surface area contributed by atoms with Gasteiger partial charge in [0, 0.05) is 6.42 Å². The lowest BCUT2D eigenvalue weighted by atomic mass is 10.0. The fourth-order valence-electron chi connectivity index (χ4n) is 1.76. The molecule has 0 heterocycles. The van der Waals surface area contributed by atoms with E-state index in [2.05, 4.69) is 15.9 Å². The molecule has 0 radical (unpaired) electrons. The molecule has 2 nitrogen and oxygen atoms in total. The fraction of sp³-hybridized carbons (Fsp3) is 0.143. The average molecular weight is 293 g/mol. The molecule has 2 rings (SSSR count). The third-order valence-corrected chi connectivity index (χ3v) is 3.28. The van der Waals surface area contributed by atoms with Crippen LogP contribution in [0.4, 0.5) is 0 Å². The number of phenols is 1. The Bertz CT molecular complexity index is 523. The summed E-state index contributed by atoms with van der Waals surface area (Å²) in [7, 11) is 1.65. The maximum absolute atomic E-state index is 9.93. The van der Waals surface area contributed by atoms with Crippen LogP contribution in [0.25, 0.3) is 0 Å². The molecule has 2 aromatic rings. The molecule has 0 atom stereocenters. The molecule has 0 aliphatic rings. The summed E-state index contributed by atoms with van der Waals surface area (Å²) in [5, 5.41) is 9.93. The highest BCUT2D eigenvalue weighted by molar-refractivity contribution is 9.10. The number of benzene rings is 2. The fourth-order valence-corrected chi connectivity index (χ4v) is 2.16. The van der Waals surface area contributed by atoms with E-state index in [1.54, 1.807) is 7.11 Å². The predicted octanol–water partition coefficient (Wildman–Crippen LogP) is 3.75.